The van der Waals surface area contributed by atoms with Gasteiger partial charge in [0.2, 0.25) is 0 Å². The summed E-state index contributed by atoms with van der Waals surface area (Å²) in [5, 5.41) is 8.50. The fourth-order valence-electron chi connectivity index (χ4n) is 1.87. The molecule has 1 heterocycles. The van der Waals surface area contributed by atoms with Gasteiger partial charge in [0, 0.05) is 32.6 Å². The molecule has 0 aromatic carbocycles. The van der Waals surface area contributed by atoms with Crippen LogP contribution in [-0.4, -0.2) is 43.2 Å². The first-order valence-electron chi connectivity index (χ1n) is 5.75. The average Bonchev–Trinajstić information content (AvgIpc) is 2.31. The van der Waals surface area contributed by atoms with Gasteiger partial charge in [-0.2, -0.15) is 22.3 Å². The molecule has 0 bridgehead atoms. The van der Waals surface area contributed by atoms with Crippen LogP contribution in [0.25, 0.3) is 0 Å². The lowest BCUT2D eigenvalue weighted by molar-refractivity contribution is 0.307. The Hall–Kier alpha value is -0.640. The van der Waals surface area contributed by atoms with Crippen molar-refractivity contribution in [1.82, 2.24) is 8.61 Å². The third-order valence-electron chi connectivity index (χ3n) is 2.79. The topological polar surface area (TPSA) is 64.4 Å². The second kappa shape index (κ2) is 6.18. The Morgan fingerprint density at radius 3 is 2.44 bits per heavy atom. The van der Waals surface area contributed by atoms with Crippen LogP contribution in [0.4, 0.5) is 0 Å². The Morgan fingerprint density at radius 2 is 1.94 bits per heavy atom. The predicted octanol–water partition coefficient (Wildman–Crippen LogP) is 0.953. The Morgan fingerprint density at radius 1 is 1.31 bits per heavy atom. The van der Waals surface area contributed by atoms with Gasteiger partial charge in [-0.25, -0.2) is 0 Å². The lowest BCUT2D eigenvalue weighted by atomic mass is 10.2. The molecular formula is C10H19N3O2S. The summed E-state index contributed by atoms with van der Waals surface area (Å²) in [4.78, 5) is 0. The van der Waals surface area contributed by atoms with Crippen LogP contribution in [0.2, 0.25) is 0 Å². The lowest BCUT2D eigenvalue weighted by Gasteiger charge is -2.31. The van der Waals surface area contributed by atoms with Gasteiger partial charge in [-0.15, -0.1) is 0 Å². The number of rotatable bonds is 5. The second-order valence-electron chi connectivity index (χ2n) is 3.87. The minimum absolute atomic E-state index is 0.251. The van der Waals surface area contributed by atoms with Gasteiger partial charge in [0.1, 0.15) is 0 Å². The molecule has 6 heteroatoms. The van der Waals surface area contributed by atoms with Crippen molar-refractivity contribution in [2.24, 2.45) is 0 Å². The molecule has 0 saturated carbocycles. The monoisotopic (exact) mass is 245 g/mol. The summed E-state index contributed by atoms with van der Waals surface area (Å²) in [6.07, 6.45) is 3.24. The number of nitriles is 1. The van der Waals surface area contributed by atoms with Crippen molar-refractivity contribution >= 4 is 10.2 Å². The fraction of sp³-hybridized carbons (Fsp3) is 0.900. The van der Waals surface area contributed by atoms with E-state index in [2.05, 4.69) is 0 Å². The molecule has 5 nitrogen and oxygen atoms in total. The molecule has 1 aliphatic rings. The maximum atomic E-state index is 12.2. The summed E-state index contributed by atoms with van der Waals surface area (Å²) >= 11 is 0. The van der Waals surface area contributed by atoms with Gasteiger partial charge < -0.3 is 0 Å². The number of nitrogens with zero attached hydrogens (tertiary/aromatic N) is 3. The van der Waals surface area contributed by atoms with Gasteiger partial charge in [-0.3, -0.25) is 0 Å². The molecule has 0 amide bonds. The molecule has 1 fully saturated rings. The molecule has 0 aromatic rings. The summed E-state index contributed by atoms with van der Waals surface area (Å²) < 4.78 is 27.3. The fourth-order valence-corrected chi connectivity index (χ4v) is 3.56. The standard InChI is InChI=1S/C10H19N3O2S/c1-2-12(10-6-7-11)16(14,15)13-8-4-3-5-9-13/h2-6,8-10H2,1H3. The third-order valence-corrected chi connectivity index (χ3v) is 4.90. The molecule has 0 spiro atoms. The van der Waals surface area contributed by atoms with Crippen LogP contribution in [0, 0.1) is 11.3 Å². The first-order chi connectivity index (χ1) is 7.62. The molecule has 1 aliphatic heterocycles. The van der Waals surface area contributed by atoms with Crippen molar-refractivity contribution in [3.63, 3.8) is 0 Å². The normalized spacial score (nSPS) is 18.6. The zero-order chi connectivity index (χ0) is 12.0. The van der Waals surface area contributed by atoms with Crippen LogP contribution < -0.4 is 0 Å². The van der Waals surface area contributed by atoms with Gasteiger partial charge >= 0.3 is 0 Å². The van der Waals surface area contributed by atoms with Crippen LogP contribution in [0.5, 0.6) is 0 Å². The summed E-state index contributed by atoms with van der Waals surface area (Å²) in [5.41, 5.74) is 0. The molecular weight excluding hydrogens is 226 g/mol. The third kappa shape index (κ3) is 3.17. The van der Waals surface area contributed by atoms with E-state index in [9.17, 15) is 8.42 Å². The van der Waals surface area contributed by atoms with Crippen LogP contribution in [0.1, 0.15) is 32.6 Å². The SMILES string of the molecule is CCN(CCC#N)S(=O)(=O)N1CCCCC1. The predicted molar refractivity (Wildman–Crippen MR) is 61.8 cm³/mol. The van der Waals surface area contributed by atoms with Crippen LogP contribution in [-0.2, 0) is 10.2 Å². The molecule has 0 aliphatic carbocycles. The summed E-state index contributed by atoms with van der Waals surface area (Å²) in [6.45, 7) is 3.77. The van der Waals surface area contributed by atoms with Gasteiger partial charge in [0.25, 0.3) is 10.2 Å². The first kappa shape index (κ1) is 13.4. The second-order valence-corrected chi connectivity index (χ2v) is 5.80. The van der Waals surface area contributed by atoms with E-state index in [0.29, 0.717) is 26.2 Å². The molecule has 0 unspecified atom stereocenters. The highest BCUT2D eigenvalue weighted by Gasteiger charge is 2.29. The molecule has 0 radical (unpaired) electrons. The summed E-state index contributed by atoms with van der Waals surface area (Å²) in [5.74, 6) is 0. The van der Waals surface area contributed by atoms with Crippen molar-refractivity contribution in [2.45, 2.75) is 32.6 Å². The highest BCUT2D eigenvalue weighted by atomic mass is 32.2. The number of hydrogen-bond donors (Lipinski definition) is 0. The number of piperidine rings is 1. The van der Waals surface area contributed by atoms with Crippen LogP contribution >= 0.6 is 0 Å². The lowest BCUT2D eigenvalue weighted by Crippen LogP contribution is -2.46. The molecule has 0 atom stereocenters. The van der Waals surface area contributed by atoms with Gasteiger partial charge in [0.15, 0.2) is 0 Å². The van der Waals surface area contributed by atoms with E-state index in [1.165, 1.54) is 8.61 Å². The maximum Gasteiger partial charge on any atom is 0.281 e. The van der Waals surface area contributed by atoms with Crippen molar-refractivity contribution in [3.8, 4) is 6.07 Å². The Kier molecular flexibility index (Phi) is 5.19. The first-order valence-corrected chi connectivity index (χ1v) is 7.14. The highest BCUT2D eigenvalue weighted by molar-refractivity contribution is 7.86. The zero-order valence-corrected chi connectivity index (χ0v) is 10.5. The number of hydrogen-bond acceptors (Lipinski definition) is 3. The van der Waals surface area contributed by atoms with E-state index < -0.39 is 10.2 Å². The van der Waals surface area contributed by atoms with Crippen molar-refractivity contribution in [3.05, 3.63) is 0 Å². The highest BCUT2D eigenvalue weighted by Crippen LogP contribution is 2.16. The van der Waals surface area contributed by atoms with Gasteiger partial charge in [-0.1, -0.05) is 13.3 Å². The molecule has 0 aromatic heterocycles. The van der Waals surface area contributed by atoms with Crippen LogP contribution in [0.15, 0.2) is 0 Å². The van der Waals surface area contributed by atoms with Gasteiger partial charge in [0.05, 0.1) is 6.07 Å². The Balaban J connectivity index is 2.69. The van der Waals surface area contributed by atoms with Crippen LogP contribution in [0.3, 0.4) is 0 Å². The summed E-state index contributed by atoms with van der Waals surface area (Å²) in [6, 6.07) is 1.98. The molecule has 1 saturated heterocycles. The quantitative estimate of drug-likeness (QED) is 0.724. The molecule has 16 heavy (non-hydrogen) atoms. The minimum Gasteiger partial charge on any atom is -0.198 e. The van der Waals surface area contributed by atoms with Gasteiger partial charge in [-0.05, 0) is 12.8 Å². The Labute approximate surface area is 97.8 Å². The van der Waals surface area contributed by atoms with Crippen molar-refractivity contribution in [1.29, 1.82) is 5.26 Å². The molecule has 92 valence electrons. The van der Waals surface area contributed by atoms with Crippen molar-refractivity contribution in [2.75, 3.05) is 26.2 Å². The van der Waals surface area contributed by atoms with Crippen molar-refractivity contribution < 1.29 is 8.42 Å². The summed E-state index contributed by atoms with van der Waals surface area (Å²) in [7, 11) is -3.33. The maximum absolute atomic E-state index is 12.2. The Bertz CT molecular complexity index is 342. The average molecular weight is 245 g/mol. The zero-order valence-electron chi connectivity index (χ0n) is 9.72. The minimum atomic E-state index is -3.33. The van der Waals surface area contributed by atoms with E-state index in [1.807, 2.05) is 6.07 Å². The van der Waals surface area contributed by atoms with E-state index in [0.717, 1.165) is 19.3 Å². The van der Waals surface area contributed by atoms with E-state index in [-0.39, 0.29) is 6.42 Å². The molecule has 1 rings (SSSR count). The van der Waals surface area contributed by atoms with E-state index in [1.54, 1.807) is 6.92 Å². The largest absolute Gasteiger partial charge is 0.281 e. The smallest absolute Gasteiger partial charge is 0.198 e. The van der Waals surface area contributed by atoms with E-state index >= 15 is 0 Å². The van der Waals surface area contributed by atoms with E-state index in [4.69, 9.17) is 5.26 Å². The molecule has 0 N–H and O–H groups in total.